The van der Waals surface area contributed by atoms with E-state index in [0.717, 1.165) is 27.2 Å². The first-order valence-corrected chi connectivity index (χ1v) is 12.0. The van der Waals surface area contributed by atoms with Crippen LogP contribution in [0.3, 0.4) is 0 Å². The molecule has 0 aliphatic heterocycles. The molecule has 2 amide bonds. The summed E-state index contributed by atoms with van der Waals surface area (Å²) in [5, 5.41) is 18.4. The third-order valence-electron chi connectivity index (χ3n) is 5.03. The molecule has 0 unspecified atom stereocenters. The Morgan fingerprint density at radius 2 is 1.55 bits per heavy atom. The van der Waals surface area contributed by atoms with Gasteiger partial charge >= 0.3 is 0 Å². The van der Waals surface area contributed by atoms with E-state index < -0.39 is 0 Å². The van der Waals surface area contributed by atoms with E-state index >= 15 is 0 Å². The minimum Gasteiger partial charge on any atom is -0.325 e. The van der Waals surface area contributed by atoms with Crippen molar-refractivity contribution in [1.29, 1.82) is 0 Å². The Bertz CT molecular complexity index is 1480. The second kappa shape index (κ2) is 9.40. The molecule has 0 bridgehead atoms. The van der Waals surface area contributed by atoms with Crippen molar-refractivity contribution >= 4 is 67.3 Å². The largest absolute Gasteiger partial charge is 0.325 e. The summed E-state index contributed by atoms with van der Waals surface area (Å²) >= 11 is 2.52. The lowest BCUT2D eigenvalue weighted by molar-refractivity contribution is -0.113. The highest BCUT2D eigenvalue weighted by molar-refractivity contribution is 8.01. The van der Waals surface area contributed by atoms with Crippen LogP contribution in [0.1, 0.15) is 10.4 Å². The minimum absolute atomic E-state index is 0.131. The topological polar surface area (TPSA) is 84.0 Å². The van der Waals surface area contributed by atoms with Crippen LogP contribution in [-0.2, 0) is 4.79 Å². The third-order valence-corrected chi connectivity index (χ3v) is 7.00. The Morgan fingerprint density at radius 1 is 0.788 bits per heavy atom. The molecule has 0 spiro atoms. The van der Waals surface area contributed by atoms with Crippen LogP contribution in [0.2, 0.25) is 0 Å². The molecular formula is C25H18N4O2S2. The van der Waals surface area contributed by atoms with E-state index in [1.165, 1.54) is 23.1 Å². The number of nitrogens with one attached hydrogen (secondary N) is 2. The first-order chi connectivity index (χ1) is 16.2. The molecule has 0 saturated carbocycles. The standard InChI is InChI=1S/C25H18N4O2S2/c30-22(26-21-11-5-9-17-7-3-4-10-20(17)21)15-32-25-29-28-24(33-25)27-23(31)19-13-12-16-6-1-2-8-18(16)14-19/h1-14H,15H2,(H,26,30)(H,27,28,31). The monoisotopic (exact) mass is 470 g/mol. The van der Waals surface area contributed by atoms with Crippen LogP contribution in [0.15, 0.2) is 89.3 Å². The number of carbonyl (C=O) groups is 2. The van der Waals surface area contributed by atoms with E-state index in [2.05, 4.69) is 20.8 Å². The maximum absolute atomic E-state index is 12.6. The second-order valence-corrected chi connectivity index (χ2v) is 9.45. The van der Waals surface area contributed by atoms with Crippen molar-refractivity contribution in [2.24, 2.45) is 0 Å². The molecule has 4 aromatic carbocycles. The predicted octanol–water partition coefficient (Wildman–Crippen LogP) is 5.83. The van der Waals surface area contributed by atoms with Gasteiger partial charge in [0, 0.05) is 16.6 Å². The predicted molar refractivity (Wildman–Crippen MR) is 135 cm³/mol. The van der Waals surface area contributed by atoms with Gasteiger partial charge in [-0.2, -0.15) is 0 Å². The Morgan fingerprint density at radius 3 is 2.42 bits per heavy atom. The van der Waals surface area contributed by atoms with Crippen molar-refractivity contribution in [2.75, 3.05) is 16.4 Å². The van der Waals surface area contributed by atoms with Crippen molar-refractivity contribution in [1.82, 2.24) is 10.2 Å². The lowest BCUT2D eigenvalue weighted by Gasteiger charge is -2.08. The van der Waals surface area contributed by atoms with Crippen LogP contribution in [0.25, 0.3) is 21.5 Å². The van der Waals surface area contributed by atoms with E-state index in [1.807, 2.05) is 78.9 Å². The highest BCUT2D eigenvalue weighted by atomic mass is 32.2. The molecule has 6 nitrogen and oxygen atoms in total. The van der Waals surface area contributed by atoms with E-state index in [0.29, 0.717) is 15.0 Å². The second-order valence-electron chi connectivity index (χ2n) is 7.25. The van der Waals surface area contributed by atoms with Crippen LogP contribution in [0.4, 0.5) is 10.8 Å². The number of aromatic nitrogens is 2. The van der Waals surface area contributed by atoms with Gasteiger partial charge in [-0.3, -0.25) is 14.9 Å². The molecule has 5 rings (SSSR count). The van der Waals surface area contributed by atoms with Crippen LogP contribution < -0.4 is 10.6 Å². The molecule has 8 heteroatoms. The number of amides is 2. The van der Waals surface area contributed by atoms with Gasteiger partial charge in [-0.05, 0) is 34.4 Å². The van der Waals surface area contributed by atoms with Crippen molar-refractivity contribution in [3.63, 3.8) is 0 Å². The fraction of sp³-hybridized carbons (Fsp3) is 0.0400. The summed E-state index contributed by atoms with van der Waals surface area (Å²) in [5.74, 6) is -0.188. The number of rotatable bonds is 6. The maximum Gasteiger partial charge on any atom is 0.257 e. The summed E-state index contributed by atoms with van der Waals surface area (Å²) in [6.45, 7) is 0. The van der Waals surface area contributed by atoms with Gasteiger partial charge in [0.15, 0.2) is 4.34 Å². The first kappa shape index (κ1) is 21.1. The van der Waals surface area contributed by atoms with Gasteiger partial charge < -0.3 is 5.32 Å². The van der Waals surface area contributed by atoms with Crippen LogP contribution in [0.5, 0.6) is 0 Å². The number of hydrogen-bond donors (Lipinski definition) is 2. The highest BCUT2D eigenvalue weighted by Crippen LogP contribution is 2.27. The lowest BCUT2D eigenvalue weighted by Crippen LogP contribution is -2.14. The van der Waals surface area contributed by atoms with E-state index in [1.54, 1.807) is 6.07 Å². The van der Waals surface area contributed by atoms with Crippen LogP contribution >= 0.6 is 23.1 Å². The molecule has 0 aliphatic rings. The zero-order valence-electron chi connectivity index (χ0n) is 17.3. The van der Waals surface area contributed by atoms with Gasteiger partial charge in [0.1, 0.15) is 0 Å². The minimum atomic E-state index is -0.248. The Labute approximate surface area is 198 Å². The molecule has 1 aromatic heterocycles. The summed E-state index contributed by atoms with van der Waals surface area (Å²) in [6.07, 6.45) is 0. The quantitative estimate of drug-likeness (QED) is 0.241. The van der Waals surface area contributed by atoms with E-state index in [4.69, 9.17) is 0 Å². The molecule has 33 heavy (non-hydrogen) atoms. The molecule has 0 radical (unpaired) electrons. The Hall–Kier alpha value is -3.75. The molecule has 2 N–H and O–H groups in total. The molecule has 5 aromatic rings. The number of fused-ring (bicyclic) bond motifs is 2. The zero-order valence-corrected chi connectivity index (χ0v) is 19.0. The summed E-state index contributed by atoms with van der Waals surface area (Å²) in [6, 6.07) is 27.1. The third kappa shape index (κ3) is 4.87. The molecular weight excluding hydrogens is 452 g/mol. The van der Waals surface area contributed by atoms with Gasteiger partial charge in [-0.25, -0.2) is 0 Å². The van der Waals surface area contributed by atoms with E-state index in [-0.39, 0.29) is 17.6 Å². The van der Waals surface area contributed by atoms with Gasteiger partial charge in [0.2, 0.25) is 11.0 Å². The number of carbonyl (C=O) groups excluding carboxylic acids is 2. The molecule has 0 aliphatic carbocycles. The molecule has 0 atom stereocenters. The van der Waals surface area contributed by atoms with Crippen molar-refractivity contribution < 1.29 is 9.59 Å². The van der Waals surface area contributed by atoms with Gasteiger partial charge in [-0.1, -0.05) is 89.8 Å². The molecule has 0 saturated heterocycles. The smallest absolute Gasteiger partial charge is 0.257 e. The summed E-state index contributed by atoms with van der Waals surface area (Å²) in [5.41, 5.74) is 1.33. The number of nitrogens with zero attached hydrogens (tertiary/aromatic N) is 2. The average Bonchev–Trinajstić information content (AvgIpc) is 3.30. The molecule has 162 valence electrons. The van der Waals surface area contributed by atoms with Gasteiger partial charge in [0.05, 0.1) is 5.75 Å². The number of hydrogen-bond acceptors (Lipinski definition) is 6. The zero-order chi connectivity index (χ0) is 22.6. The summed E-state index contributed by atoms with van der Waals surface area (Å²) in [4.78, 5) is 25.1. The number of anilines is 2. The fourth-order valence-corrected chi connectivity index (χ4v) is 5.01. The number of thioether (sulfide) groups is 1. The molecule has 1 heterocycles. The summed E-state index contributed by atoms with van der Waals surface area (Å²) < 4.78 is 0.608. The average molecular weight is 471 g/mol. The first-order valence-electron chi connectivity index (χ1n) is 10.2. The van der Waals surface area contributed by atoms with Crippen molar-refractivity contribution in [3.05, 3.63) is 90.5 Å². The normalized spacial score (nSPS) is 10.9. The lowest BCUT2D eigenvalue weighted by atomic mass is 10.1. The molecule has 0 fully saturated rings. The van der Waals surface area contributed by atoms with Crippen molar-refractivity contribution in [3.8, 4) is 0 Å². The van der Waals surface area contributed by atoms with Crippen molar-refractivity contribution in [2.45, 2.75) is 4.34 Å². The van der Waals surface area contributed by atoms with Crippen LogP contribution in [-0.4, -0.2) is 27.8 Å². The van der Waals surface area contributed by atoms with Crippen LogP contribution in [0, 0.1) is 0 Å². The SMILES string of the molecule is O=C(CSc1nnc(NC(=O)c2ccc3ccccc3c2)s1)Nc1cccc2ccccc12. The van der Waals surface area contributed by atoms with E-state index in [9.17, 15) is 9.59 Å². The van der Waals surface area contributed by atoms with Gasteiger partial charge in [0.25, 0.3) is 5.91 Å². The Kier molecular flexibility index (Phi) is 6.01. The highest BCUT2D eigenvalue weighted by Gasteiger charge is 2.13. The van der Waals surface area contributed by atoms with Gasteiger partial charge in [-0.15, -0.1) is 10.2 Å². The summed E-state index contributed by atoms with van der Waals surface area (Å²) in [7, 11) is 0. The maximum atomic E-state index is 12.6. The fourth-order valence-electron chi connectivity index (χ4n) is 3.47. The Balaban J connectivity index is 1.19. The number of benzene rings is 4.